The van der Waals surface area contributed by atoms with Gasteiger partial charge in [0.05, 0.1) is 3.79 Å². The Kier molecular flexibility index (Phi) is 3.45. The van der Waals surface area contributed by atoms with Gasteiger partial charge in [0.1, 0.15) is 4.21 Å². The van der Waals surface area contributed by atoms with Gasteiger partial charge in [-0.25, -0.2) is 13.1 Å². The molecule has 1 aromatic rings. The fourth-order valence-corrected chi connectivity index (χ4v) is 4.90. The third-order valence-electron chi connectivity index (χ3n) is 2.91. The molecule has 90 valence electrons. The molecule has 0 saturated heterocycles. The largest absolute Gasteiger partial charge is 0.250 e. The van der Waals surface area contributed by atoms with Crippen LogP contribution in [-0.4, -0.2) is 15.0 Å². The van der Waals surface area contributed by atoms with Gasteiger partial charge >= 0.3 is 0 Å². The first-order valence-electron chi connectivity index (χ1n) is 5.16. The van der Waals surface area contributed by atoms with Crippen LogP contribution in [0.5, 0.6) is 0 Å². The second-order valence-electron chi connectivity index (χ2n) is 4.35. The van der Waals surface area contributed by atoms with Crippen molar-refractivity contribution < 1.29 is 8.42 Å². The molecule has 2 unspecified atom stereocenters. The van der Waals surface area contributed by atoms with Gasteiger partial charge in [0.25, 0.3) is 0 Å². The highest BCUT2D eigenvalue weighted by molar-refractivity contribution is 9.11. The van der Waals surface area contributed by atoms with Gasteiger partial charge < -0.3 is 0 Å². The molecule has 6 heteroatoms. The Hall–Kier alpha value is 0.0900. The zero-order valence-corrected chi connectivity index (χ0v) is 12.4. The first kappa shape index (κ1) is 12.5. The van der Waals surface area contributed by atoms with E-state index in [9.17, 15) is 8.42 Å². The van der Waals surface area contributed by atoms with Crippen LogP contribution < -0.4 is 4.72 Å². The summed E-state index contributed by atoms with van der Waals surface area (Å²) in [5, 5.41) is 0. The normalized spacial score (nSPS) is 24.7. The monoisotopic (exact) mass is 323 g/mol. The Morgan fingerprint density at radius 1 is 1.62 bits per heavy atom. The molecule has 0 aromatic carbocycles. The smallest absolute Gasteiger partial charge is 0.210 e. The quantitative estimate of drug-likeness (QED) is 0.926. The third-order valence-corrected chi connectivity index (χ3v) is 6.94. The van der Waals surface area contributed by atoms with Crippen molar-refractivity contribution in [3.8, 4) is 0 Å². The molecule has 0 radical (unpaired) electrons. The number of rotatable bonds is 4. The maximum Gasteiger partial charge on any atom is 0.250 e. The first-order valence-corrected chi connectivity index (χ1v) is 8.25. The molecular weight excluding hydrogens is 310 g/mol. The van der Waals surface area contributed by atoms with E-state index in [1.54, 1.807) is 6.07 Å². The van der Waals surface area contributed by atoms with Crippen LogP contribution in [0.25, 0.3) is 0 Å². The van der Waals surface area contributed by atoms with E-state index in [1.807, 2.05) is 6.92 Å². The second kappa shape index (κ2) is 4.40. The summed E-state index contributed by atoms with van der Waals surface area (Å²) in [7, 11) is -3.30. The Balaban J connectivity index is 2.06. The van der Waals surface area contributed by atoms with Crippen molar-refractivity contribution in [3.63, 3.8) is 0 Å². The third kappa shape index (κ3) is 2.67. The molecule has 1 aliphatic carbocycles. The minimum atomic E-state index is -3.30. The maximum absolute atomic E-state index is 11.9. The van der Waals surface area contributed by atoms with E-state index in [2.05, 4.69) is 27.6 Å². The standard InChI is InChI=1S/C10H14BrNO2S2/c1-6-3-8(6)5-12-16(13,14)9-4-7(2)10(11)15-9/h4,6,8,12H,3,5H2,1-2H3. The SMILES string of the molecule is Cc1cc(S(=O)(=O)NCC2CC2C)sc1Br. The fraction of sp³-hybridized carbons (Fsp3) is 0.600. The lowest BCUT2D eigenvalue weighted by atomic mass is 10.3. The van der Waals surface area contributed by atoms with Crippen LogP contribution in [0.1, 0.15) is 18.9 Å². The molecule has 1 aliphatic rings. The number of sulfonamides is 1. The van der Waals surface area contributed by atoms with Crippen LogP contribution >= 0.6 is 27.3 Å². The molecule has 3 nitrogen and oxygen atoms in total. The van der Waals surface area contributed by atoms with Gasteiger partial charge in [-0.1, -0.05) is 6.92 Å². The van der Waals surface area contributed by atoms with Gasteiger partial charge in [-0.2, -0.15) is 0 Å². The van der Waals surface area contributed by atoms with Crippen LogP contribution in [0.3, 0.4) is 0 Å². The van der Waals surface area contributed by atoms with E-state index in [1.165, 1.54) is 11.3 Å². The van der Waals surface area contributed by atoms with E-state index in [4.69, 9.17) is 0 Å². The van der Waals surface area contributed by atoms with Gasteiger partial charge in [0, 0.05) is 6.54 Å². The average Bonchev–Trinajstić information content (AvgIpc) is 2.80. The van der Waals surface area contributed by atoms with Crippen LogP contribution in [0, 0.1) is 18.8 Å². The topological polar surface area (TPSA) is 46.2 Å². The maximum atomic E-state index is 11.9. The van der Waals surface area contributed by atoms with Gasteiger partial charge in [-0.3, -0.25) is 0 Å². The van der Waals surface area contributed by atoms with Gasteiger partial charge in [-0.15, -0.1) is 11.3 Å². The van der Waals surface area contributed by atoms with Crippen molar-refractivity contribution in [1.29, 1.82) is 0 Å². The molecule has 0 bridgehead atoms. The Bertz CT molecular complexity index is 475. The number of thiophene rings is 1. The van der Waals surface area contributed by atoms with Crippen LogP contribution in [0.4, 0.5) is 0 Å². The van der Waals surface area contributed by atoms with E-state index in [0.717, 1.165) is 15.8 Å². The number of aryl methyl sites for hydroxylation is 1. The predicted octanol–water partition coefficient (Wildman–Crippen LogP) is 2.75. The molecule has 2 rings (SSSR count). The minimum absolute atomic E-state index is 0.394. The van der Waals surface area contributed by atoms with Crippen molar-refractivity contribution in [2.75, 3.05) is 6.54 Å². The summed E-state index contributed by atoms with van der Waals surface area (Å²) in [5.74, 6) is 1.19. The summed E-state index contributed by atoms with van der Waals surface area (Å²) in [4.78, 5) is 0. The summed E-state index contributed by atoms with van der Waals surface area (Å²) in [6.07, 6.45) is 1.13. The van der Waals surface area contributed by atoms with Gasteiger partial charge in [0.2, 0.25) is 10.0 Å². The summed E-state index contributed by atoms with van der Waals surface area (Å²) in [6, 6.07) is 1.70. The zero-order valence-electron chi connectivity index (χ0n) is 9.16. The van der Waals surface area contributed by atoms with E-state index >= 15 is 0 Å². The van der Waals surface area contributed by atoms with E-state index in [-0.39, 0.29) is 0 Å². The van der Waals surface area contributed by atoms with Gasteiger partial charge in [0.15, 0.2) is 0 Å². The fourth-order valence-electron chi connectivity index (χ4n) is 1.54. The first-order chi connectivity index (χ1) is 7.40. The van der Waals surface area contributed by atoms with Crippen molar-refractivity contribution in [1.82, 2.24) is 4.72 Å². The number of nitrogens with one attached hydrogen (secondary N) is 1. The molecule has 0 spiro atoms. The highest BCUT2D eigenvalue weighted by atomic mass is 79.9. The molecule has 0 amide bonds. The lowest BCUT2D eigenvalue weighted by Gasteiger charge is -2.02. The molecule has 1 heterocycles. The van der Waals surface area contributed by atoms with Crippen LogP contribution in [0.2, 0.25) is 0 Å². The predicted molar refractivity (Wildman–Crippen MR) is 69.2 cm³/mol. The molecule has 1 fully saturated rings. The lowest BCUT2D eigenvalue weighted by molar-refractivity contribution is 0.576. The van der Waals surface area contributed by atoms with Gasteiger partial charge in [-0.05, 0) is 52.7 Å². The van der Waals surface area contributed by atoms with Crippen molar-refractivity contribution in [2.24, 2.45) is 11.8 Å². The number of hydrogen-bond donors (Lipinski definition) is 1. The number of hydrogen-bond acceptors (Lipinski definition) is 3. The Labute approximate surface area is 108 Å². The van der Waals surface area contributed by atoms with E-state index < -0.39 is 10.0 Å². The molecule has 2 atom stereocenters. The average molecular weight is 324 g/mol. The molecule has 16 heavy (non-hydrogen) atoms. The Morgan fingerprint density at radius 3 is 2.69 bits per heavy atom. The highest BCUT2D eigenvalue weighted by Gasteiger charge is 2.33. The molecule has 1 saturated carbocycles. The highest BCUT2D eigenvalue weighted by Crippen LogP contribution is 2.37. The minimum Gasteiger partial charge on any atom is -0.210 e. The Morgan fingerprint density at radius 2 is 2.25 bits per heavy atom. The summed E-state index contributed by atoms with van der Waals surface area (Å²) < 4.78 is 27.8. The van der Waals surface area contributed by atoms with E-state index in [0.29, 0.717) is 22.6 Å². The molecular formula is C10H14BrNO2S2. The number of halogens is 1. The zero-order chi connectivity index (χ0) is 11.9. The molecule has 1 N–H and O–H groups in total. The lowest BCUT2D eigenvalue weighted by Crippen LogP contribution is -2.25. The van der Waals surface area contributed by atoms with Crippen LogP contribution in [0.15, 0.2) is 14.1 Å². The van der Waals surface area contributed by atoms with Crippen molar-refractivity contribution in [2.45, 2.75) is 24.5 Å². The summed E-state index contributed by atoms with van der Waals surface area (Å²) >= 11 is 4.60. The summed E-state index contributed by atoms with van der Waals surface area (Å²) in [5.41, 5.74) is 0.963. The van der Waals surface area contributed by atoms with Crippen molar-refractivity contribution in [3.05, 3.63) is 15.4 Å². The molecule has 0 aliphatic heterocycles. The summed E-state index contributed by atoms with van der Waals surface area (Å²) in [6.45, 7) is 4.60. The van der Waals surface area contributed by atoms with Crippen LogP contribution in [-0.2, 0) is 10.0 Å². The van der Waals surface area contributed by atoms with Crippen molar-refractivity contribution >= 4 is 37.3 Å². The second-order valence-corrected chi connectivity index (χ2v) is 8.71. The molecule has 1 aromatic heterocycles.